The molecule has 0 bridgehead atoms. The van der Waals surface area contributed by atoms with Gasteiger partial charge in [-0.15, -0.1) is 0 Å². The van der Waals surface area contributed by atoms with E-state index in [1.165, 1.54) is 7.11 Å². The number of nitriles is 1. The zero-order valence-electron chi connectivity index (χ0n) is 8.94. The van der Waals surface area contributed by atoms with Gasteiger partial charge in [0.2, 0.25) is 0 Å². The molecule has 1 unspecified atom stereocenters. The van der Waals surface area contributed by atoms with Gasteiger partial charge in [-0.25, -0.2) is 0 Å². The number of carbonyl (C=O) groups excluding carboxylic acids is 1. The maximum Gasteiger partial charge on any atom is 0.156 e. The number of hydrogen-bond donors (Lipinski definition) is 0. The van der Waals surface area contributed by atoms with Crippen LogP contribution < -0.4 is 0 Å². The Kier molecular flexibility index (Phi) is 4.97. The first-order valence-corrected chi connectivity index (χ1v) is 5.23. The maximum absolute atomic E-state index is 11.7. The Morgan fingerprint density at radius 1 is 1.50 bits per heavy atom. The van der Waals surface area contributed by atoms with Crippen molar-refractivity contribution in [3.63, 3.8) is 0 Å². The van der Waals surface area contributed by atoms with Gasteiger partial charge >= 0.3 is 0 Å². The largest absolute Gasteiger partial charge is 0.384 e. The molecule has 0 aliphatic rings. The standard InChI is InChI=1S/C12H12ClNO2/c1-16-7-6-12(15)11(8-14)9-2-4-10(13)5-3-9/h2-5,11H,6-7H2,1H3. The molecule has 0 spiro atoms. The third-order valence-corrected chi connectivity index (χ3v) is 2.46. The summed E-state index contributed by atoms with van der Waals surface area (Å²) >= 11 is 5.73. The van der Waals surface area contributed by atoms with Crippen LogP contribution in [0.2, 0.25) is 5.02 Å². The minimum atomic E-state index is -0.729. The lowest BCUT2D eigenvalue weighted by Crippen LogP contribution is -2.12. The van der Waals surface area contributed by atoms with Crippen LogP contribution >= 0.6 is 11.6 Å². The van der Waals surface area contributed by atoms with E-state index in [-0.39, 0.29) is 12.2 Å². The molecule has 16 heavy (non-hydrogen) atoms. The molecule has 0 aromatic heterocycles. The molecule has 1 aromatic rings. The van der Waals surface area contributed by atoms with Crippen LogP contribution in [-0.2, 0) is 9.53 Å². The first-order chi connectivity index (χ1) is 7.69. The minimum absolute atomic E-state index is 0.133. The molecule has 3 nitrogen and oxygen atoms in total. The number of ether oxygens (including phenoxy) is 1. The summed E-state index contributed by atoms with van der Waals surface area (Å²) in [6.45, 7) is 0.338. The van der Waals surface area contributed by atoms with E-state index in [0.717, 1.165) is 0 Å². The Balaban J connectivity index is 2.79. The highest BCUT2D eigenvalue weighted by molar-refractivity contribution is 6.30. The number of nitrogens with zero attached hydrogens (tertiary/aromatic N) is 1. The number of carbonyl (C=O) groups is 1. The molecule has 84 valence electrons. The van der Waals surface area contributed by atoms with E-state index in [9.17, 15) is 4.79 Å². The predicted octanol–water partition coefficient (Wildman–Crippen LogP) is 2.55. The van der Waals surface area contributed by atoms with Gasteiger partial charge < -0.3 is 4.74 Å². The van der Waals surface area contributed by atoms with E-state index in [0.29, 0.717) is 17.2 Å². The highest BCUT2D eigenvalue weighted by Gasteiger charge is 2.19. The summed E-state index contributed by atoms with van der Waals surface area (Å²) in [5.74, 6) is -0.862. The number of ketones is 1. The number of hydrogen-bond acceptors (Lipinski definition) is 3. The normalized spacial score (nSPS) is 11.8. The summed E-state index contributed by atoms with van der Waals surface area (Å²) < 4.78 is 4.81. The molecular weight excluding hydrogens is 226 g/mol. The van der Waals surface area contributed by atoms with Gasteiger partial charge in [-0.1, -0.05) is 23.7 Å². The van der Waals surface area contributed by atoms with Crippen molar-refractivity contribution in [3.8, 4) is 6.07 Å². The third kappa shape index (κ3) is 3.34. The van der Waals surface area contributed by atoms with Gasteiger partial charge in [0.15, 0.2) is 5.78 Å². The summed E-state index contributed by atoms with van der Waals surface area (Å²) in [7, 11) is 1.52. The number of benzene rings is 1. The van der Waals surface area contributed by atoms with Crippen LogP contribution in [0.15, 0.2) is 24.3 Å². The summed E-state index contributed by atoms with van der Waals surface area (Å²) in [5.41, 5.74) is 0.674. The Hall–Kier alpha value is -1.37. The van der Waals surface area contributed by atoms with Crippen LogP contribution in [0.25, 0.3) is 0 Å². The molecule has 0 aliphatic heterocycles. The minimum Gasteiger partial charge on any atom is -0.384 e. The fourth-order valence-corrected chi connectivity index (χ4v) is 1.46. The molecule has 0 heterocycles. The summed E-state index contributed by atoms with van der Waals surface area (Å²) in [6, 6.07) is 8.73. The van der Waals surface area contributed by atoms with Crippen molar-refractivity contribution >= 4 is 17.4 Å². The molecule has 0 N–H and O–H groups in total. The Morgan fingerprint density at radius 3 is 2.62 bits per heavy atom. The van der Waals surface area contributed by atoms with Gasteiger partial charge in [-0.2, -0.15) is 5.26 Å². The second kappa shape index (κ2) is 6.26. The molecule has 1 atom stereocenters. The van der Waals surface area contributed by atoms with Crippen molar-refractivity contribution in [2.45, 2.75) is 12.3 Å². The zero-order chi connectivity index (χ0) is 12.0. The Morgan fingerprint density at radius 2 is 2.12 bits per heavy atom. The van der Waals surface area contributed by atoms with Crippen LogP contribution in [-0.4, -0.2) is 19.5 Å². The number of methoxy groups -OCH3 is 1. The molecule has 0 radical (unpaired) electrons. The quantitative estimate of drug-likeness (QED) is 0.791. The Labute approximate surface area is 99.6 Å². The summed E-state index contributed by atoms with van der Waals surface area (Å²) in [5, 5.41) is 9.56. The fraction of sp³-hybridized carbons (Fsp3) is 0.333. The van der Waals surface area contributed by atoms with Gasteiger partial charge in [0.05, 0.1) is 12.7 Å². The second-order valence-corrected chi connectivity index (χ2v) is 3.76. The van der Waals surface area contributed by atoms with Crippen LogP contribution in [0.4, 0.5) is 0 Å². The van der Waals surface area contributed by atoms with Gasteiger partial charge in [0.25, 0.3) is 0 Å². The lowest BCUT2D eigenvalue weighted by molar-refractivity contribution is -0.120. The van der Waals surface area contributed by atoms with Gasteiger partial charge in [0, 0.05) is 18.6 Å². The van der Waals surface area contributed by atoms with Crippen LogP contribution in [0.1, 0.15) is 17.9 Å². The van der Waals surface area contributed by atoms with E-state index in [4.69, 9.17) is 21.6 Å². The summed E-state index contributed by atoms with van der Waals surface area (Å²) in [4.78, 5) is 11.7. The van der Waals surface area contributed by atoms with E-state index in [1.54, 1.807) is 24.3 Å². The van der Waals surface area contributed by atoms with E-state index in [1.807, 2.05) is 6.07 Å². The SMILES string of the molecule is COCCC(=O)C(C#N)c1ccc(Cl)cc1. The zero-order valence-corrected chi connectivity index (χ0v) is 9.70. The van der Waals surface area contributed by atoms with Crippen molar-refractivity contribution in [1.82, 2.24) is 0 Å². The lowest BCUT2D eigenvalue weighted by atomic mass is 9.95. The second-order valence-electron chi connectivity index (χ2n) is 3.32. The monoisotopic (exact) mass is 237 g/mol. The Bertz CT molecular complexity index is 394. The summed E-state index contributed by atoms with van der Waals surface area (Å²) in [6.07, 6.45) is 0.247. The number of Topliss-reactive ketones (excluding diaryl/α,β-unsaturated/α-hetero) is 1. The van der Waals surface area contributed by atoms with E-state index in [2.05, 4.69) is 0 Å². The van der Waals surface area contributed by atoms with Crippen molar-refractivity contribution in [2.24, 2.45) is 0 Å². The average molecular weight is 238 g/mol. The van der Waals surface area contributed by atoms with Crippen LogP contribution in [0.3, 0.4) is 0 Å². The lowest BCUT2D eigenvalue weighted by Gasteiger charge is -2.08. The van der Waals surface area contributed by atoms with E-state index >= 15 is 0 Å². The van der Waals surface area contributed by atoms with E-state index < -0.39 is 5.92 Å². The van der Waals surface area contributed by atoms with Gasteiger partial charge in [-0.05, 0) is 17.7 Å². The van der Waals surface area contributed by atoms with Crippen LogP contribution in [0.5, 0.6) is 0 Å². The van der Waals surface area contributed by atoms with Crippen molar-refractivity contribution in [2.75, 3.05) is 13.7 Å². The maximum atomic E-state index is 11.7. The first kappa shape index (κ1) is 12.7. The smallest absolute Gasteiger partial charge is 0.156 e. The molecular formula is C12H12ClNO2. The molecule has 0 aliphatic carbocycles. The van der Waals surface area contributed by atoms with Crippen molar-refractivity contribution in [1.29, 1.82) is 5.26 Å². The number of halogens is 1. The average Bonchev–Trinajstić information content (AvgIpc) is 2.30. The molecule has 0 saturated heterocycles. The van der Waals surface area contributed by atoms with Gasteiger partial charge in [0.1, 0.15) is 5.92 Å². The molecule has 1 rings (SSSR count). The topological polar surface area (TPSA) is 50.1 Å². The van der Waals surface area contributed by atoms with Gasteiger partial charge in [-0.3, -0.25) is 4.79 Å². The molecule has 0 saturated carbocycles. The third-order valence-electron chi connectivity index (χ3n) is 2.21. The molecule has 0 fully saturated rings. The highest BCUT2D eigenvalue weighted by atomic mass is 35.5. The molecule has 1 aromatic carbocycles. The number of rotatable bonds is 5. The molecule has 0 amide bonds. The van der Waals surface area contributed by atoms with Crippen LogP contribution in [0, 0.1) is 11.3 Å². The van der Waals surface area contributed by atoms with Crippen molar-refractivity contribution < 1.29 is 9.53 Å². The predicted molar refractivity (Wildman–Crippen MR) is 61.3 cm³/mol. The molecule has 4 heteroatoms. The first-order valence-electron chi connectivity index (χ1n) is 4.85. The highest BCUT2D eigenvalue weighted by Crippen LogP contribution is 2.19. The fourth-order valence-electron chi connectivity index (χ4n) is 1.33. The van der Waals surface area contributed by atoms with Crippen molar-refractivity contribution in [3.05, 3.63) is 34.9 Å².